The fourth-order valence-corrected chi connectivity index (χ4v) is 4.31. The van der Waals surface area contributed by atoms with Crippen LogP contribution in [0.4, 0.5) is 8.78 Å². The number of nitrogens with zero attached hydrogens (tertiary/aromatic N) is 3. The molecule has 10 heteroatoms. The molecule has 0 saturated carbocycles. The van der Waals surface area contributed by atoms with Gasteiger partial charge >= 0.3 is 0 Å². The van der Waals surface area contributed by atoms with E-state index in [1.807, 2.05) is 0 Å². The lowest BCUT2D eigenvalue weighted by atomic mass is 10.2. The molecule has 0 N–H and O–H groups in total. The number of sulfonamides is 1. The highest BCUT2D eigenvalue weighted by Crippen LogP contribution is 2.23. The topological polar surface area (TPSA) is 79.8 Å². The molecule has 0 bridgehead atoms. The van der Waals surface area contributed by atoms with Gasteiger partial charge in [0.05, 0.1) is 7.11 Å². The third-order valence-electron chi connectivity index (χ3n) is 4.23. The number of benzene rings is 1. The van der Waals surface area contributed by atoms with Crippen LogP contribution in [0.15, 0.2) is 41.4 Å². The third kappa shape index (κ3) is 3.76. The number of hydrogen-bond acceptors (Lipinski definition) is 5. The summed E-state index contributed by atoms with van der Waals surface area (Å²) in [6, 6.07) is 5.50. The Kier molecular flexibility index (Phi) is 5.38. The zero-order valence-corrected chi connectivity index (χ0v) is 15.2. The normalized spacial score (nSPS) is 15.6. The quantitative estimate of drug-likeness (QED) is 0.782. The first-order valence-electron chi connectivity index (χ1n) is 8.08. The summed E-state index contributed by atoms with van der Waals surface area (Å²) in [6.45, 7) is 0.235. The van der Waals surface area contributed by atoms with Gasteiger partial charge in [-0.05, 0) is 24.3 Å². The smallest absolute Gasteiger partial charge is 0.259 e. The van der Waals surface area contributed by atoms with E-state index in [1.165, 1.54) is 18.2 Å². The molecule has 27 heavy (non-hydrogen) atoms. The fourth-order valence-electron chi connectivity index (χ4n) is 2.84. The monoisotopic (exact) mass is 397 g/mol. The van der Waals surface area contributed by atoms with Gasteiger partial charge in [-0.15, -0.1) is 0 Å². The number of amides is 1. The van der Waals surface area contributed by atoms with Crippen LogP contribution < -0.4 is 4.74 Å². The third-order valence-corrected chi connectivity index (χ3v) is 6.16. The van der Waals surface area contributed by atoms with Gasteiger partial charge in [-0.1, -0.05) is 0 Å². The van der Waals surface area contributed by atoms with Gasteiger partial charge in [-0.25, -0.2) is 22.2 Å². The van der Waals surface area contributed by atoms with E-state index in [2.05, 4.69) is 4.98 Å². The molecule has 0 radical (unpaired) electrons. The Morgan fingerprint density at radius 2 is 1.85 bits per heavy atom. The minimum Gasteiger partial charge on any atom is -0.480 e. The van der Waals surface area contributed by atoms with Crippen molar-refractivity contribution < 1.29 is 26.7 Å². The number of rotatable bonds is 4. The Labute approximate surface area is 155 Å². The summed E-state index contributed by atoms with van der Waals surface area (Å²) in [6.07, 6.45) is 1.50. The number of methoxy groups -OCH3 is 1. The minimum absolute atomic E-state index is 0.00648. The molecule has 0 atom stereocenters. The molecule has 0 aliphatic carbocycles. The molecule has 0 spiro atoms. The SMILES string of the molecule is COc1ncccc1C(=O)N1CCN(S(=O)(=O)c2ccc(F)cc2F)CC1. The molecular formula is C17H17F2N3O4S. The van der Waals surface area contributed by atoms with Crippen molar-refractivity contribution in [3.05, 3.63) is 53.7 Å². The van der Waals surface area contributed by atoms with Crippen LogP contribution in [0.3, 0.4) is 0 Å². The summed E-state index contributed by atoms with van der Waals surface area (Å²) in [5.74, 6) is -2.14. The molecule has 1 aromatic carbocycles. The first-order chi connectivity index (χ1) is 12.8. The highest BCUT2D eigenvalue weighted by atomic mass is 32.2. The van der Waals surface area contributed by atoms with Crippen LogP contribution in [-0.2, 0) is 10.0 Å². The van der Waals surface area contributed by atoms with Gasteiger partial charge in [-0.3, -0.25) is 4.79 Å². The Morgan fingerprint density at radius 1 is 1.15 bits per heavy atom. The van der Waals surface area contributed by atoms with Crippen molar-refractivity contribution in [3.8, 4) is 5.88 Å². The Hall–Kier alpha value is -2.59. The van der Waals surface area contributed by atoms with Gasteiger partial charge in [-0.2, -0.15) is 4.31 Å². The molecule has 1 amide bonds. The summed E-state index contributed by atoms with van der Waals surface area (Å²) in [4.78, 5) is 17.5. The number of carbonyl (C=O) groups is 1. The van der Waals surface area contributed by atoms with E-state index in [1.54, 1.807) is 12.1 Å². The minimum atomic E-state index is -4.12. The van der Waals surface area contributed by atoms with Crippen molar-refractivity contribution in [3.63, 3.8) is 0 Å². The van der Waals surface area contributed by atoms with Crippen LogP contribution >= 0.6 is 0 Å². The van der Waals surface area contributed by atoms with Crippen molar-refractivity contribution in [2.45, 2.75) is 4.90 Å². The van der Waals surface area contributed by atoms with Gasteiger partial charge < -0.3 is 9.64 Å². The van der Waals surface area contributed by atoms with E-state index < -0.39 is 26.6 Å². The summed E-state index contributed by atoms with van der Waals surface area (Å²) in [5, 5.41) is 0. The number of halogens is 2. The van der Waals surface area contributed by atoms with Gasteiger partial charge in [0.2, 0.25) is 15.9 Å². The average molecular weight is 397 g/mol. The Balaban J connectivity index is 1.74. The molecule has 2 heterocycles. The van der Waals surface area contributed by atoms with E-state index in [4.69, 9.17) is 4.74 Å². The zero-order valence-electron chi connectivity index (χ0n) is 14.4. The zero-order chi connectivity index (χ0) is 19.6. The predicted octanol–water partition coefficient (Wildman–Crippen LogP) is 1.52. The van der Waals surface area contributed by atoms with E-state index in [-0.39, 0.29) is 43.5 Å². The molecule has 0 unspecified atom stereocenters. The van der Waals surface area contributed by atoms with Crippen LogP contribution in [0.2, 0.25) is 0 Å². The maximum absolute atomic E-state index is 13.9. The lowest BCUT2D eigenvalue weighted by Gasteiger charge is -2.34. The fraction of sp³-hybridized carbons (Fsp3) is 0.294. The lowest BCUT2D eigenvalue weighted by molar-refractivity contribution is 0.0693. The second kappa shape index (κ2) is 7.57. The van der Waals surface area contributed by atoms with Crippen LogP contribution in [0.25, 0.3) is 0 Å². The van der Waals surface area contributed by atoms with Gasteiger partial charge in [0, 0.05) is 38.4 Å². The number of piperazine rings is 1. The molecule has 3 rings (SSSR count). The van der Waals surface area contributed by atoms with Crippen LogP contribution in [0.1, 0.15) is 10.4 Å². The summed E-state index contributed by atoms with van der Waals surface area (Å²) >= 11 is 0. The first kappa shape index (κ1) is 19.2. The lowest BCUT2D eigenvalue weighted by Crippen LogP contribution is -2.50. The maximum Gasteiger partial charge on any atom is 0.259 e. The second-order valence-corrected chi connectivity index (χ2v) is 7.74. The van der Waals surface area contributed by atoms with E-state index in [0.717, 1.165) is 16.4 Å². The summed E-state index contributed by atoms with van der Waals surface area (Å²) in [5.41, 5.74) is 0.279. The van der Waals surface area contributed by atoms with Crippen molar-refractivity contribution in [2.75, 3.05) is 33.3 Å². The van der Waals surface area contributed by atoms with Crippen LogP contribution in [0, 0.1) is 11.6 Å². The first-order valence-corrected chi connectivity index (χ1v) is 9.52. The van der Waals surface area contributed by atoms with Crippen LogP contribution in [0.5, 0.6) is 5.88 Å². The van der Waals surface area contributed by atoms with E-state index >= 15 is 0 Å². The number of ether oxygens (including phenoxy) is 1. The number of pyridine rings is 1. The number of hydrogen-bond donors (Lipinski definition) is 0. The second-order valence-electron chi connectivity index (χ2n) is 5.83. The van der Waals surface area contributed by atoms with Gasteiger partial charge in [0.15, 0.2) is 0 Å². The van der Waals surface area contributed by atoms with Crippen molar-refractivity contribution in [1.29, 1.82) is 0 Å². The molecule has 144 valence electrons. The summed E-state index contributed by atoms with van der Waals surface area (Å²) in [7, 11) is -2.72. The van der Waals surface area contributed by atoms with Crippen molar-refractivity contribution in [1.82, 2.24) is 14.2 Å². The van der Waals surface area contributed by atoms with E-state index in [0.29, 0.717) is 6.07 Å². The standard InChI is InChI=1S/C17H17F2N3O4S/c1-26-16-13(3-2-6-20-16)17(23)21-7-9-22(10-8-21)27(24,25)15-5-4-12(18)11-14(15)19/h2-6,11H,7-10H2,1H3. The van der Waals surface area contributed by atoms with Gasteiger partial charge in [0.25, 0.3) is 5.91 Å². The molecule has 1 fully saturated rings. The highest BCUT2D eigenvalue weighted by Gasteiger charge is 2.33. The summed E-state index contributed by atoms with van der Waals surface area (Å²) < 4.78 is 58.3. The Morgan fingerprint density at radius 3 is 2.48 bits per heavy atom. The molecular weight excluding hydrogens is 380 g/mol. The predicted molar refractivity (Wildman–Crippen MR) is 91.8 cm³/mol. The van der Waals surface area contributed by atoms with Gasteiger partial charge in [0.1, 0.15) is 22.1 Å². The molecule has 1 aliphatic rings. The maximum atomic E-state index is 13.9. The molecule has 7 nitrogen and oxygen atoms in total. The molecule has 1 aromatic heterocycles. The number of aromatic nitrogens is 1. The molecule has 1 saturated heterocycles. The molecule has 1 aliphatic heterocycles. The molecule has 2 aromatic rings. The number of carbonyl (C=O) groups excluding carboxylic acids is 1. The van der Waals surface area contributed by atoms with Crippen LogP contribution in [-0.4, -0.2) is 61.8 Å². The largest absolute Gasteiger partial charge is 0.480 e. The average Bonchev–Trinajstić information content (AvgIpc) is 2.67. The Bertz CT molecular complexity index is 960. The van der Waals surface area contributed by atoms with Crippen molar-refractivity contribution in [2.24, 2.45) is 0 Å². The highest BCUT2D eigenvalue weighted by molar-refractivity contribution is 7.89. The van der Waals surface area contributed by atoms with E-state index in [9.17, 15) is 22.0 Å². The van der Waals surface area contributed by atoms with Crippen molar-refractivity contribution >= 4 is 15.9 Å².